The predicted octanol–water partition coefficient (Wildman–Crippen LogP) is 1.11. The first-order chi connectivity index (χ1) is 21.4. The van der Waals surface area contributed by atoms with E-state index in [0.29, 0.717) is 36.6 Å². The van der Waals surface area contributed by atoms with E-state index in [1.165, 1.54) is 0 Å². The van der Waals surface area contributed by atoms with Gasteiger partial charge in [0.15, 0.2) is 18.0 Å². The fourth-order valence-corrected chi connectivity index (χ4v) is 6.04. The molecule has 0 saturated carbocycles. The molecule has 0 spiro atoms. The maximum absolute atomic E-state index is 16.0. The molecule has 0 radical (unpaired) electrons. The van der Waals surface area contributed by atoms with Crippen molar-refractivity contribution >= 4 is 54.1 Å². The van der Waals surface area contributed by atoms with Gasteiger partial charge < -0.3 is 19.6 Å². The molecule has 3 aliphatic heterocycles. The van der Waals surface area contributed by atoms with Gasteiger partial charge in [-0.25, -0.2) is 13.6 Å². The lowest BCUT2D eigenvalue weighted by Gasteiger charge is -2.15. The summed E-state index contributed by atoms with van der Waals surface area (Å²) in [5, 5.41) is 5.30. The van der Waals surface area contributed by atoms with E-state index in [-0.39, 0.29) is 36.5 Å². The van der Waals surface area contributed by atoms with Crippen LogP contribution >= 0.6 is 11.3 Å². The number of amides is 3. The molecule has 1 saturated heterocycles. The zero-order valence-corrected chi connectivity index (χ0v) is 24.9. The van der Waals surface area contributed by atoms with Crippen molar-refractivity contribution < 1.29 is 42.3 Å². The molecular formula is C31H29BF2N4O6S. The van der Waals surface area contributed by atoms with Crippen LogP contribution in [0.5, 0.6) is 5.75 Å². The van der Waals surface area contributed by atoms with Crippen LogP contribution in [-0.2, 0) is 24.0 Å². The Morgan fingerprint density at radius 1 is 1.00 bits per heavy atom. The van der Waals surface area contributed by atoms with Crippen molar-refractivity contribution in [2.45, 2.75) is 38.5 Å². The molecule has 5 heterocycles. The van der Waals surface area contributed by atoms with Gasteiger partial charge in [0.2, 0.25) is 0 Å². The first-order valence-electron chi connectivity index (χ1n) is 14.4. The van der Waals surface area contributed by atoms with E-state index in [2.05, 4.69) is 5.32 Å². The maximum Gasteiger partial charge on any atom is 0.846 e. The standard InChI is InChI=1S/C31H28BFN4O6S.FH/c33-32-35-22(19-23-10-14-26(36(23)32)27-5-4-18-44-27)9-13-25(35)21-7-11-24(12-8-21)42-20-28(38)34-17-3-1-2-6-31(41)43-37-29(39)15-16-30(37)40;/h4-5,7-14,18-19H,1-3,6,15-17,20H2;1H. The van der Waals surface area contributed by atoms with Crippen LogP contribution in [0, 0.1) is 0 Å². The Labute approximate surface area is 261 Å². The van der Waals surface area contributed by atoms with E-state index in [4.69, 9.17) is 9.57 Å². The number of fused-ring (bicyclic) bond motifs is 2. The number of unbranched alkanes of at least 4 members (excludes halogenated alkanes) is 2. The summed E-state index contributed by atoms with van der Waals surface area (Å²) in [5.41, 5.74) is 3.98. The first-order valence-corrected chi connectivity index (χ1v) is 15.3. The van der Waals surface area contributed by atoms with Crippen molar-refractivity contribution in [1.29, 1.82) is 0 Å². The summed E-state index contributed by atoms with van der Waals surface area (Å²) in [6.07, 6.45) is 7.77. The average Bonchev–Trinajstić information content (AvgIpc) is 3.83. The number of hydrogen-bond acceptors (Lipinski definition) is 7. The van der Waals surface area contributed by atoms with Crippen LogP contribution in [0.1, 0.15) is 49.8 Å². The second kappa shape index (κ2) is 13.8. The molecular weight excluding hydrogens is 605 g/mol. The number of thiophene rings is 1. The third kappa shape index (κ3) is 6.80. The Morgan fingerprint density at radius 3 is 2.51 bits per heavy atom. The summed E-state index contributed by atoms with van der Waals surface area (Å²) in [5.74, 6) is -1.40. The number of carbonyl (C=O) groups excluding carboxylic acids is 4. The smallest absolute Gasteiger partial charge is 0.846 e. The number of imide groups is 1. The molecule has 2 aromatic heterocycles. The number of hydrogen-bond donors (Lipinski definition) is 1. The van der Waals surface area contributed by atoms with E-state index in [9.17, 15) is 19.2 Å². The van der Waals surface area contributed by atoms with Gasteiger partial charge in [-0.3, -0.25) is 18.9 Å². The fourth-order valence-electron chi connectivity index (χ4n) is 5.29. The number of benzene rings is 1. The zero-order chi connectivity index (χ0) is 30.6. The van der Waals surface area contributed by atoms with E-state index >= 15 is 4.32 Å². The van der Waals surface area contributed by atoms with Crippen LogP contribution in [0.3, 0.4) is 0 Å². The van der Waals surface area contributed by atoms with Crippen molar-refractivity contribution in [2.75, 3.05) is 13.2 Å². The second-order valence-corrected chi connectivity index (χ2v) is 11.4. The largest absolute Gasteiger partial charge is 1.00 e. The number of ether oxygens (including phenoxy) is 1. The van der Waals surface area contributed by atoms with Gasteiger partial charge in [-0.2, -0.15) is 0 Å². The molecule has 1 fully saturated rings. The van der Waals surface area contributed by atoms with E-state index in [1.807, 2.05) is 60.0 Å². The SMILES string of the molecule is O=C(COc1ccc(C2=[N+]3B(F)n4c(ccc4-c4cccs4)C=C3C=C2)cc1)NCCCCCC(=O)ON1C(=O)CCC1=O.[F-]. The van der Waals surface area contributed by atoms with E-state index < -0.39 is 25.0 Å². The predicted molar refractivity (Wildman–Crippen MR) is 162 cm³/mol. The molecule has 0 aliphatic carbocycles. The van der Waals surface area contributed by atoms with Crippen molar-refractivity contribution in [2.24, 2.45) is 0 Å². The number of allylic oxidation sites excluding steroid dienone is 2. The molecule has 0 bridgehead atoms. The summed E-state index contributed by atoms with van der Waals surface area (Å²) >= 11 is 1.57. The van der Waals surface area contributed by atoms with Gasteiger partial charge in [-0.05, 0) is 60.7 Å². The third-order valence-corrected chi connectivity index (χ3v) is 8.39. The van der Waals surface area contributed by atoms with Gasteiger partial charge in [-0.15, -0.1) is 16.4 Å². The number of hydroxylamine groups is 2. The highest BCUT2D eigenvalue weighted by molar-refractivity contribution is 7.13. The van der Waals surface area contributed by atoms with Crippen LogP contribution in [0.2, 0.25) is 0 Å². The lowest BCUT2D eigenvalue weighted by Crippen LogP contribution is -3.00. The number of aromatic nitrogens is 1. The topological polar surface area (TPSA) is 110 Å². The quantitative estimate of drug-likeness (QED) is 0.182. The number of nitrogens with zero attached hydrogens (tertiary/aromatic N) is 3. The molecule has 6 rings (SSSR count). The van der Waals surface area contributed by atoms with Crippen LogP contribution in [0.15, 0.2) is 71.8 Å². The first kappa shape index (κ1) is 31.6. The number of nitrogens with one attached hydrogen (secondary N) is 1. The minimum absolute atomic E-state index is 0. The Bertz CT molecular complexity index is 1680. The monoisotopic (exact) mass is 634 g/mol. The highest BCUT2D eigenvalue weighted by atomic mass is 32.1. The molecule has 3 aliphatic rings. The maximum atomic E-state index is 16.0. The molecule has 232 valence electrons. The highest BCUT2D eigenvalue weighted by Gasteiger charge is 2.48. The molecule has 14 heteroatoms. The fraction of sp³-hybridized carbons (Fsp3) is 0.258. The Morgan fingerprint density at radius 2 is 1.78 bits per heavy atom. The lowest BCUT2D eigenvalue weighted by molar-refractivity contribution is -0.333. The highest BCUT2D eigenvalue weighted by Crippen LogP contribution is 2.33. The second-order valence-electron chi connectivity index (χ2n) is 10.5. The average molecular weight is 634 g/mol. The van der Waals surface area contributed by atoms with Gasteiger partial charge in [0, 0.05) is 60.2 Å². The van der Waals surface area contributed by atoms with Gasteiger partial charge in [0.05, 0.1) is 5.69 Å². The molecule has 45 heavy (non-hydrogen) atoms. The molecule has 0 unspecified atom stereocenters. The minimum Gasteiger partial charge on any atom is -1.00 e. The molecule has 1 N–H and O–H groups in total. The van der Waals surface area contributed by atoms with Gasteiger partial charge in [0.25, 0.3) is 17.7 Å². The van der Waals surface area contributed by atoms with Crippen LogP contribution in [0.4, 0.5) is 4.32 Å². The number of rotatable bonds is 12. The van der Waals surface area contributed by atoms with Gasteiger partial charge >= 0.3 is 13.2 Å². The van der Waals surface area contributed by atoms with E-state index in [0.717, 1.165) is 33.2 Å². The van der Waals surface area contributed by atoms with Crippen molar-refractivity contribution in [3.05, 3.63) is 83.0 Å². The molecule has 1 aromatic carbocycles. The van der Waals surface area contributed by atoms with Crippen LogP contribution in [0.25, 0.3) is 16.6 Å². The zero-order valence-electron chi connectivity index (χ0n) is 24.1. The summed E-state index contributed by atoms with van der Waals surface area (Å²) in [4.78, 5) is 52.9. The third-order valence-electron chi connectivity index (χ3n) is 7.49. The van der Waals surface area contributed by atoms with Crippen LogP contribution < -0.4 is 14.8 Å². The Balaban J connectivity index is 0.00000400. The summed E-state index contributed by atoms with van der Waals surface area (Å²) in [6, 6.07) is 15.0. The number of carbonyl (C=O) groups is 4. The van der Waals surface area contributed by atoms with Crippen LogP contribution in [-0.4, -0.2) is 63.8 Å². The van der Waals surface area contributed by atoms with Crippen molar-refractivity contribution in [3.8, 4) is 16.3 Å². The van der Waals surface area contributed by atoms with Gasteiger partial charge in [0.1, 0.15) is 5.75 Å². The van der Waals surface area contributed by atoms with Crippen molar-refractivity contribution in [1.82, 2.24) is 14.9 Å². The summed E-state index contributed by atoms with van der Waals surface area (Å²) in [7, 11) is -1.40. The molecule has 0 atom stereocenters. The van der Waals surface area contributed by atoms with Gasteiger partial charge in [-0.1, -0.05) is 12.5 Å². The molecule has 3 amide bonds. The summed E-state index contributed by atoms with van der Waals surface area (Å²) in [6.45, 7) is 0.255. The van der Waals surface area contributed by atoms with Crippen molar-refractivity contribution in [3.63, 3.8) is 0 Å². The Hall–Kier alpha value is -4.85. The minimum atomic E-state index is -1.40. The normalized spacial score (nSPS) is 15.1. The Kier molecular flexibility index (Phi) is 9.72. The molecule has 3 aromatic rings. The van der Waals surface area contributed by atoms with E-state index in [1.54, 1.807) is 32.4 Å². The lowest BCUT2D eigenvalue weighted by atomic mass is 9.96. The number of halogens is 2. The molecule has 10 nitrogen and oxygen atoms in total. The summed E-state index contributed by atoms with van der Waals surface area (Å²) < 4.78 is 25.0.